The maximum Gasteiger partial charge on any atom is 0.0940 e. The van der Waals surface area contributed by atoms with Crippen LogP contribution in [0.5, 0.6) is 0 Å². The summed E-state index contributed by atoms with van der Waals surface area (Å²) in [4.78, 5) is 2.35. The van der Waals surface area contributed by atoms with Gasteiger partial charge >= 0.3 is 0 Å². The molecular weight excluding hydrogens is 178 g/mol. The topological polar surface area (TPSA) is 62.3 Å². The van der Waals surface area contributed by atoms with Crippen molar-refractivity contribution in [3.8, 4) is 6.07 Å². The van der Waals surface area contributed by atoms with E-state index in [2.05, 4.69) is 11.0 Å². The first-order valence-corrected chi connectivity index (χ1v) is 5.16. The van der Waals surface area contributed by atoms with E-state index in [0.29, 0.717) is 6.10 Å². The fourth-order valence-corrected chi connectivity index (χ4v) is 1.75. The Morgan fingerprint density at radius 1 is 1.57 bits per heavy atom. The van der Waals surface area contributed by atoms with Gasteiger partial charge in [-0.05, 0) is 19.3 Å². The van der Waals surface area contributed by atoms with Crippen molar-refractivity contribution in [2.75, 3.05) is 26.7 Å². The van der Waals surface area contributed by atoms with Gasteiger partial charge in [0.1, 0.15) is 0 Å². The zero-order valence-electron chi connectivity index (χ0n) is 8.78. The molecule has 0 aromatic heterocycles. The minimum absolute atomic E-state index is 0.310. The van der Waals surface area contributed by atoms with Crippen LogP contribution in [0.4, 0.5) is 0 Å². The molecule has 1 aliphatic heterocycles. The largest absolute Gasteiger partial charge is 0.381 e. The molecule has 4 heteroatoms. The lowest BCUT2D eigenvalue weighted by molar-refractivity contribution is 0.0407. The number of rotatable bonds is 4. The molecule has 1 atom stereocenters. The zero-order chi connectivity index (χ0) is 10.4. The molecule has 0 spiro atoms. The van der Waals surface area contributed by atoms with Crippen LogP contribution >= 0.6 is 0 Å². The van der Waals surface area contributed by atoms with E-state index >= 15 is 0 Å². The number of methoxy groups -OCH3 is 1. The number of hydrogen-bond acceptors (Lipinski definition) is 4. The fourth-order valence-electron chi connectivity index (χ4n) is 1.75. The van der Waals surface area contributed by atoms with Crippen LogP contribution in [0.1, 0.15) is 19.3 Å². The van der Waals surface area contributed by atoms with Crippen LogP contribution in [0.2, 0.25) is 0 Å². The van der Waals surface area contributed by atoms with E-state index in [1.807, 2.05) is 0 Å². The van der Waals surface area contributed by atoms with E-state index in [4.69, 9.17) is 15.7 Å². The summed E-state index contributed by atoms with van der Waals surface area (Å²) in [5.41, 5.74) is 5.53. The summed E-state index contributed by atoms with van der Waals surface area (Å²) in [6.07, 6.45) is 3.39. The number of hydrogen-bond donors (Lipinski definition) is 1. The van der Waals surface area contributed by atoms with Crippen LogP contribution in [-0.4, -0.2) is 43.8 Å². The van der Waals surface area contributed by atoms with Crippen LogP contribution in [0, 0.1) is 11.3 Å². The summed E-state index contributed by atoms with van der Waals surface area (Å²) in [6.45, 7) is 3.07. The average Bonchev–Trinajstić information content (AvgIpc) is 2.26. The lowest BCUT2D eigenvalue weighted by atomic mass is 10.1. The van der Waals surface area contributed by atoms with Gasteiger partial charge in [0.15, 0.2) is 0 Å². The van der Waals surface area contributed by atoms with Crippen LogP contribution in [0.25, 0.3) is 0 Å². The van der Waals surface area contributed by atoms with Gasteiger partial charge in [-0.1, -0.05) is 0 Å². The van der Waals surface area contributed by atoms with Gasteiger partial charge < -0.3 is 15.4 Å². The van der Waals surface area contributed by atoms with Gasteiger partial charge in [0.2, 0.25) is 0 Å². The second-order valence-electron chi connectivity index (χ2n) is 3.80. The van der Waals surface area contributed by atoms with Crippen molar-refractivity contribution in [3.63, 3.8) is 0 Å². The molecule has 1 heterocycles. The third-order valence-corrected chi connectivity index (χ3v) is 2.79. The van der Waals surface area contributed by atoms with Gasteiger partial charge in [0.05, 0.1) is 18.2 Å². The summed E-state index contributed by atoms with van der Waals surface area (Å²) in [5, 5.41) is 8.53. The molecule has 0 amide bonds. The van der Waals surface area contributed by atoms with Crippen LogP contribution < -0.4 is 5.73 Å². The van der Waals surface area contributed by atoms with E-state index in [0.717, 1.165) is 38.9 Å². The Hall–Kier alpha value is -0.630. The number of likely N-dealkylation sites (tertiary alicyclic amines) is 1. The number of nitriles is 1. The van der Waals surface area contributed by atoms with Crippen LogP contribution in [-0.2, 0) is 4.74 Å². The maximum atomic E-state index is 8.53. The number of ether oxygens (including phenoxy) is 1. The lowest BCUT2D eigenvalue weighted by Crippen LogP contribution is -2.38. The Labute approximate surface area is 85.6 Å². The minimum atomic E-state index is -0.310. The lowest BCUT2D eigenvalue weighted by Gasteiger charge is -2.31. The van der Waals surface area contributed by atoms with Crippen molar-refractivity contribution in [1.29, 1.82) is 5.26 Å². The molecule has 1 saturated heterocycles. The predicted molar refractivity (Wildman–Crippen MR) is 54.7 cm³/mol. The van der Waals surface area contributed by atoms with Gasteiger partial charge in [0.25, 0.3) is 0 Å². The molecule has 1 fully saturated rings. The highest BCUT2D eigenvalue weighted by atomic mass is 16.5. The third kappa shape index (κ3) is 3.62. The van der Waals surface area contributed by atoms with Crippen molar-refractivity contribution >= 4 is 0 Å². The van der Waals surface area contributed by atoms with Crippen LogP contribution in [0.3, 0.4) is 0 Å². The molecule has 1 rings (SSSR count). The predicted octanol–water partition coefficient (Wildman–Crippen LogP) is 0.338. The molecule has 0 bridgehead atoms. The zero-order valence-corrected chi connectivity index (χ0v) is 8.78. The smallest absolute Gasteiger partial charge is 0.0940 e. The average molecular weight is 197 g/mol. The molecule has 2 N–H and O–H groups in total. The molecule has 14 heavy (non-hydrogen) atoms. The Morgan fingerprint density at radius 2 is 2.21 bits per heavy atom. The molecule has 0 aromatic carbocycles. The molecule has 1 unspecified atom stereocenters. The second-order valence-corrected chi connectivity index (χ2v) is 3.80. The van der Waals surface area contributed by atoms with Gasteiger partial charge in [-0.2, -0.15) is 5.26 Å². The normalized spacial score (nSPS) is 21.8. The standard InChI is InChI=1S/C10H19N3O/c1-14-10-3-6-13(7-4-10)5-2-9(12)8-11/h9-10H,2-7,12H2,1H3. The number of piperidine rings is 1. The SMILES string of the molecule is COC1CCN(CCC(N)C#N)CC1. The van der Waals surface area contributed by atoms with Gasteiger partial charge in [-0.15, -0.1) is 0 Å². The van der Waals surface area contributed by atoms with Crippen molar-refractivity contribution in [2.24, 2.45) is 5.73 Å². The molecule has 0 saturated carbocycles. The summed E-state index contributed by atoms with van der Waals surface area (Å²) >= 11 is 0. The maximum absolute atomic E-state index is 8.53. The molecular formula is C10H19N3O. The van der Waals surface area contributed by atoms with E-state index < -0.39 is 0 Å². The Kier molecular flexibility index (Phi) is 4.88. The van der Waals surface area contributed by atoms with Crippen molar-refractivity contribution in [2.45, 2.75) is 31.4 Å². The Bertz CT molecular complexity index is 194. The highest BCUT2D eigenvalue weighted by Crippen LogP contribution is 2.12. The molecule has 0 aliphatic carbocycles. The quantitative estimate of drug-likeness (QED) is 0.706. The second kappa shape index (κ2) is 5.97. The van der Waals surface area contributed by atoms with Gasteiger partial charge in [0, 0.05) is 26.7 Å². The first-order chi connectivity index (χ1) is 6.76. The van der Waals surface area contributed by atoms with E-state index in [1.165, 1.54) is 0 Å². The highest BCUT2D eigenvalue weighted by Gasteiger charge is 2.18. The third-order valence-electron chi connectivity index (χ3n) is 2.79. The Morgan fingerprint density at radius 3 is 2.71 bits per heavy atom. The number of nitrogens with zero attached hydrogens (tertiary/aromatic N) is 2. The summed E-state index contributed by atoms with van der Waals surface area (Å²) in [5.74, 6) is 0. The fraction of sp³-hybridized carbons (Fsp3) is 0.900. The first kappa shape index (κ1) is 11.4. The molecule has 4 nitrogen and oxygen atoms in total. The number of nitrogens with two attached hydrogens (primary N) is 1. The molecule has 0 radical (unpaired) electrons. The van der Waals surface area contributed by atoms with Crippen molar-refractivity contribution in [3.05, 3.63) is 0 Å². The molecule has 1 aliphatic rings. The van der Waals surface area contributed by atoms with Gasteiger partial charge in [-0.3, -0.25) is 0 Å². The van der Waals surface area contributed by atoms with Crippen molar-refractivity contribution < 1.29 is 4.74 Å². The van der Waals surface area contributed by atoms with Gasteiger partial charge in [-0.25, -0.2) is 0 Å². The molecule has 80 valence electrons. The molecule has 0 aromatic rings. The summed E-state index contributed by atoms with van der Waals surface area (Å²) < 4.78 is 5.28. The summed E-state index contributed by atoms with van der Waals surface area (Å²) in [7, 11) is 1.77. The highest BCUT2D eigenvalue weighted by molar-refractivity contribution is 4.87. The van der Waals surface area contributed by atoms with E-state index in [9.17, 15) is 0 Å². The Balaban J connectivity index is 2.13. The van der Waals surface area contributed by atoms with Crippen molar-refractivity contribution in [1.82, 2.24) is 4.90 Å². The van der Waals surface area contributed by atoms with E-state index in [1.54, 1.807) is 7.11 Å². The monoisotopic (exact) mass is 197 g/mol. The summed E-state index contributed by atoms with van der Waals surface area (Å²) in [6, 6.07) is 1.74. The first-order valence-electron chi connectivity index (χ1n) is 5.16. The van der Waals surface area contributed by atoms with Crippen LogP contribution in [0.15, 0.2) is 0 Å². The van der Waals surface area contributed by atoms with E-state index in [-0.39, 0.29) is 6.04 Å². The minimum Gasteiger partial charge on any atom is -0.381 e.